The number of hydrogen-bond acceptors (Lipinski definition) is 6. The van der Waals surface area contributed by atoms with Crippen molar-refractivity contribution in [2.24, 2.45) is 0 Å². The van der Waals surface area contributed by atoms with Crippen molar-refractivity contribution in [3.63, 3.8) is 0 Å². The lowest BCUT2D eigenvalue weighted by Gasteiger charge is -2.34. The number of aromatic nitrogens is 4. The van der Waals surface area contributed by atoms with Crippen LogP contribution in [0.15, 0.2) is 6.07 Å². The van der Waals surface area contributed by atoms with Crippen molar-refractivity contribution in [1.82, 2.24) is 25.1 Å². The number of amides is 1. The van der Waals surface area contributed by atoms with Crippen molar-refractivity contribution in [2.75, 3.05) is 32.1 Å². The predicted octanol–water partition coefficient (Wildman–Crippen LogP) is 1.64. The Morgan fingerprint density at radius 2 is 2.19 bits per heavy atom. The second-order valence-electron chi connectivity index (χ2n) is 6.83. The third-order valence-corrected chi connectivity index (χ3v) is 5.07. The number of H-pyrrole nitrogens is 1. The van der Waals surface area contributed by atoms with Crippen LogP contribution in [0, 0.1) is 6.92 Å². The highest BCUT2D eigenvalue weighted by molar-refractivity contribution is 5.94. The average Bonchev–Trinajstić information content (AvgIpc) is 3.11. The largest absolute Gasteiger partial charge is 0.377 e. The molecule has 8 nitrogen and oxygen atoms in total. The minimum absolute atomic E-state index is 0.0613. The molecule has 138 valence electrons. The van der Waals surface area contributed by atoms with Crippen LogP contribution in [0.1, 0.15) is 52.1 Å². The number of ether oxygens (including phenoxy) is 1. The van der Waals surface area contributed by atoms with Gasteiger partial charge in [-0.2, -0.15) is 5.10 Å². The highest BCUT2D eigenvalue weighted by atomic mass is 16.5. The van der Waals surface area contributed by atoms with Crippen LogP contribution in [0.25, 0.3) is 0 Å². The zero-order chi connectivity index (χ0) is 18.1. The smallest absolute Gasteiger partial charge is 0.275 e. The molecule has 2 N–H and O–H groups in total. The third-order valence-electron chi connectivity index (χ3n) is 5.07. The molecule has 2 aromatic rings. The number of anilines is 1. The minimum atomic E-state index is -0.306. The molecular weight excluding hydrogens is 332 g/mol. The fourth-order valence-electron chi connectivity index (χ4n) is 3.72. The SMILES string of the molecule is CNc1cc(C)nc([C@@H]2COCCN2C(=O)c2n[nH]c3c2CCCC3)n1. The Kier molecular flexibility index (Phi) is 4.58. The van der Waals surface area contributed by atoms with E-state index in [1.54, 1.807) is 0 Å². The molecule has 0 spiro atoms. The zero-order valence-corrected chi connectivity index (χ0v) is 15.2. The summed E-state index contributed by atoms with van der Waals surface area (Å²) < 4.78 is 5.64. The molecule has 3 heterocycles. The van der Waals surface area contributed by atoms with Gasteiger partial charge < -0.3 is 15.0 Å². The van der Waals surface area contributed by atoms with E-state index in [0.717, 1.165) is 48.5 Å². The van der Waals surface area contributed by atoms with Crippen molar-refractivity contribution in [3.8, 4) is 0 Å². The molecular formula is C18H24N6O2. The predicted molar refractivity (Wildman–Crippen MR) is 96.1 cm³/mol. The molecule has 8 heteroatoms. The van der Waals surface area contributed by atoms with Crippen LogP contribution >= 0.6 is 0 Å². The number of carbonyl (C=O) groups is 1. The minimum Gasteiger partial charge on any atom is -0.377 e. The van der Waals surface area contributed by atoms with Crippen LogP contribution in [0.5, 0.6) is 0 Å². The van der Waals surface area contributed by atoms with Crippen molar-refractivity contribution >= 4 is 11.7 Å². The van der Waals surface area contributed by atoms with Crippen molar-refractivity contribution in [1.29, 1.82) is 0 Å². The van der Waals surface area contributed by atoms with Crippen molar-refractivity contribution in [3.05, 3.63) is 34.5 Å². The van der Waals surface area contributed by atoms with E-state index in [4.69, 9.17) is 4.74 Å². The summed E-state index contributed by atoms with van der Waals surface area (Å²) in [5.74, 6) is 1.28. The summed E-state index contributed by atoms with van der Waals surface area (Å²) in [4.78, 5) is 24.2. The number of aromatic amines is 1. The van der Waals surface area contributed by atoms with Gasteiger partial charge in [0.25, 0.3) is 5.91 Å². The Bertz CT molecular complexity index is 818. The van der Waals surface area contributed by atoms with Crippen LogP contribution in [-0.4, -0.2) is 57.8 Å². The van der Waals surface area contributed by atoms with Gasteiger partial charge in [0.05, 0.1) is 13.2 Å². The molecule has 0 saturated carbocycles. The quantitative estimate of drug-likeness (QED) is 0.868. The second-order valence-corrected chi connectivity index (χ2v) is 6.83. The summed E-state index contributed by atoms with van der Waals surface area (Å²) in [5.41, 5.74) is 3.59. The topological polar surface area (TPSA) is 96.0 Å². The molecule has 0 bridgehead atoms. The molecule has 0 aromatic carbocycles. The molecule has 1 amide bonds. The number of fused-ring (bicyclic) bond motifs is 1. The Balaban J connectivity index is 1.66. The molecule has 1 aliphatic heterocycles. The van der Waals surface area contributed by atoms with Gasteiger partial charge >= 0.3 is 0 Å². The maximum atomic E-state index is 13.3. The summed E-state index contributed by atoms with van der Waals surface area (Å²) in [7, 11) is 1.82. The number of nitrogens with one attached hydrogen (secondary N) is 2. The van der Waals surface area contributed by atoms with E-state index in [0.29, 0.717) is 31.3 Å². The lowest BCUT2D eigenvalue weighted by molar-refractivity contribution is -0.00560. The van der Waals surface area contributed by atoms with Crippen LogP contribution in [0.2, 0.25) is 0 Å². The molecule has 1 atom stereocenters. The van der Waals surface area contributed by atoms with Gasteiger partial charge in [-0.05, 0) is 32.6 Å². The molecule has 4 rings (SSSR count). The molecule has 2 aliphatic rings. The van der Waals surface area contributed by atoms with Gasteiger partial charge in [0.2, 0.25) is 0 Å². The van der Waals surface area contributed by atoms with Gasteiger partial charge in [-0.25, -0.2) is 9.97 Å². The number of nitrogens with zero attached hydrogens (tertiary/aromatic N) is 4. The molecule has 26 heavy (non-hydrogen) atoms. The maximum absolute atomic E-state index is 13.3. The number of rotatable bonds is 3. The lowest BCUT2D eigenvalue weighted by Crippen LogP contribution is -2.44. The van der Waals surface area contributed by atoms with E-state index in [-0.39, 0.29) is 11.9 Å². The van der Waals surface area contributed by atoms with Gasteiger partial charge in [-0.15, -0.1) is 0 Å². The third kappa shape index (κ3) is 3.05. The fraction of sp³-hybridized carbons (Fsp3) is 0.556. The number of morpholine rings is 1. The zero-order valence-electron chi connectivity index (χ0n) is 15.2. The standard InChI is InChI=1S/C18H24N6O2/c1-11-9-15(19-2)21-17(20-11)14-10-26-8-7-24(14)18(25)16-12-5-3-4-6-13(12)22-23-16/h9,14H,3-8,10H2,1-2H3,(H,22,23)(H,19,20,21)/t14-/m0/s1. The van der Waals surface area contributed by atoms with E-state index in [1.807, 2.05) is 24.9 Å². The summed E-state index contributed by atoms with van der Waals surface area (Å²) >= 11 is 0. The molecule has 1 fully saturated rings. The van der Waals surface area contributed by atoms with Gasteiger partial charge in [-0.3, -0.25) is 9.89 Å². The first-order valence-corrected chi connectivity index (χ1v) is 9.15. The lowest BCUT2D eigenvalue weighted by atomic mass is 9.95. The van der Waals surface area contributed by atoms with Gasteiger partial charge in [0.1, 0.15) is 11.9 Å². The number of carbonyl (C=O) groups excluding carboxylic acids is 1. The fourth-order valence-corrected chi connectivity index (χ4v) is 3.72. The first-order valence-electron chi connectivity index (χ1n) is 9.15. The average molecular weight is 356 g/mol. The normalized spacial score (nSPS) is 19.9. The molecule has 1 aliphatic carbocycles. The molecule has 2 aromatic heterocycles. The van der Waals surface area contributed by atoms with Crippen molar-refractivity contribution in [2.45, 2.75) is 38.6 Å². The van der Waals surface area contributed by atoms with Crippen LogP contribution in [0.3, 0.4) is 0 Å². The maximum Gasteiger partial charge on any atom is 0.275 e. The Morgan fingerprint density at radius 1 is 1.35 bits per heavy atom. The van der Waals surface area contributed by atoms with Gasteiger partial charge in [0.15, 0.2) is 11.5 Å². The van der Waals surface area contributed by atoms with E-state index in [2.05, 4.69) is 25.5 Å². The first-order chi connectivity index (χ1) is 12.7. The van der Waals surface area contributed by atoms with Crippen LogP contribution in [0.4, 0.5) is 5.82 Å². The first kappa shape index (κ1) is 17.0. The van der Waals surface area contributed by atoms with Crippen LogP contribution < -0.4 is 5.32 Å². The Labute approximate surface area is 152 Å². The summed E-state index contributed by atoms with van der Waals surface area (Å²) in [5, 5.41) is 10.4. The van der Waals surface area contributed by atoms with Crippen molar-refractivity contribution < 1.29 is 9.53 Å². The molecule has 1 saturated heterocycles. The van der Waals surface area contributed by atoms with Crippen LogP contribution in [-0.2, 0) is 17.6 Å². The Morgan fingerprint density at radius 3 is 3.04 bits per heavy atom. The number of hydrogen-bond donors (Lipinski definition) is 2. The highest BCUT2D eigenvalue weighted by Gasteiger charge is 2.34. The van der Waals surface area contributed by atoms with E-state index < -0.39 is 0 Å². The molecule has 0 radical (unpaired) electrons. The van der Waals surface area contributed by atoms with E-state index in [1.165, 1.54) is 0 Å². The monoisotopic (exact) mass is 356 g/mol. The van der Waals surface area contributed by atoms with Gasteiger partial charge in [0, 0.05) is 36.6 Å². The Hall–Kier alpha value is -2.48. The van der Waals surface area contributed by atoms with E-state index >= 15 is 0 Å². The number of aryl methyl sites for hydroxylation is 2. The molecule has 0 unspecified atom stereocenters. The van der Waals surface area contributed by atoms with E-state index in [9.17, 15) is 4.79 Å². The van der Waals surface area contributed by atoms with Gasteiger partial charge in [-0.1, -0.05) is 0 Å². The summed E-state index contributed by atoms with van der Waals surface area (Å²) in [6, 6.07) is 1.57. The summed E-state index contributed by atoms with van der Waals surface area (Å²) in [6.07, 6.45) is 4.13. The highest BCUT2D eigenvalue weighted by Crippen LogP contribution is 2.28. The second kappa shape index (κ2) is 7.03. The summed E-state index contributed by atoms with van der Waals surface area (Å²) in [6.45, 7) is 3.34.